The maximum absolute atomic E-state index is 12.0. The standard InChI is InChI=1S/C20H25NO3.C10H11NO5.C7H8O/c1-14-10-15(12-23-13-19(21-2)20(22)24-14)11-17-8-5-7-16-6-3-4-9-18(16)17;1-7(13)15-6-16-10-8(5-12)11-4-3-9(10)14-2;1-6-2-4-7(8)5-3-6/h3-9,14-15,19,21H,10-13H2,1-2H3;3-5H,6H2,1-2H3;2-5,8H,1H3/t14?,15?,19-;;/m0../s1. The molecule has 4 aromatic rings. The van der Waals surface area contributed by atoms with Crippen molar-refractivity contribution in [2.75, 3.05) is 34.2 Å². The van der Waals surface area contributed by atoms with Crippen LogP contribution in [0.25, 0.3) is 10.8 Å². The number of ether oxygens (including phenoxy) is 5. The SMILES string of the molecule is CN[C@H]1COCC(Cc2cccc3ccccc23)CC(C)OC1=O.COc1ccnc(C=O)c1OCOC(C)=O.Cc1ccc(O)cc1. The summed E-state index contributed by atoms with van der Waals surface area (Å²) in [6, 6.07) is 23.1. The Hall–Kier alpha value is -5.00. The molecule has 11 nitrogen and oxygen atoms in total. The lowest BCUT2D eigenvalue weighted by molar-refractivity contribution is -0.151. The van der Waals surface area contributed by atoms with Crippen molar-refractivity contribution >= 4 is 29.0 Å². The van der Waals surface area contributed by atoms with Crippen molar-refractivity contribution < 1.29 is 43.2 Å². The van der Waals surface area contributed by atoms with Crippen molar-refractivity contribution in [2.45, 2.75) is 45.8 Å². The number of carbonyl (C=O) groups is 3. The molecule has 5 rings (SSSR count). The molecule has 0 saturated carbocycles. The second kappa shape index (κ2) is 19.6. The number of phenols is 1. The molecule has 3 aromatic carbocycles. The third kappa shape index (κ3) is 12.0. The number of likely N-dealkylation sites (N-methyl/N-ethyl adjacent to an activating group) is 1. The number of esters is 2. The fraction of sp³-hybridized carbons (Fsp3) is 0.351. The fourth-order valence-electron chi connectivity index (χ4n) is 4.96. The second-order valence-corrected chi connectivity index (χ2v) is 11.1. The highest BCUT2D eigenvalue weighted by Gasteiger charge is 2.26. The Balaban J connectivity index is 0.000000223. The van der Waals surface area contributed by atoms with E-state index in [1.807, 2.05) is 26.0 Å². The van der Waals surface area contributed by atoms with E-state index in [0.29, 0.717) is 36.9 Å². The Labute approximate surface area is 281 Å². The molecule has 0 aliphatic carbocycles. The predicted molar refractivity (Wildman–Crippen MR) is 181 cm³/mol. The van der Waals surface area contributed by atoms with Gasteiger partial charge in [-0.3, -0.25) is 14.4 Å². The molecule has 48 heavy (non-hydrogen) atoms. The van der Waals surface area contributed by atoms with Crippen LogP contribution < -0.4 is 14.8 Å². The van der Waals surface area contributed by atoms with Crippen LogP contribution >= 0.6 is 0 Å². The molecule has 2 heterocycles. The normalized spacial score (nSPS) is 17.4. The van der Waals surface area contributed by atoms with Gasteiger partial charge in [0.05, 0.1) is 19.8 Å². The number of phenolic OH excluding ortho intramolecular Hbond substituents is 1. The van der Waals surface area contributed by atoms with Gasteiger partial charge in [0.1, 0.15) is 17.5 Å². The molecule has 0 bridgehead atoms. The third-order valence-electron chi connectivity index (χ3n) is 7.37. The van der Waals surface area contributed by atoms with E-state index in [2.05, 4.69) is 57.5 Å². The van der Waals surface area contributed by atoms with E-state index in [-0.39, 0.29) is 36.4 Å². The van der Waals surface area contributed by atoms with E-state index in [1.165, 1.54) is 48.2 Å². The molecule has 256 valence electrons. The zero-order valence-corrected chi connectivity index (χ0v) is 28.0. The molecular formula is C37H44N2O9. The number of pyridine rings is 1. The summed E-state index contributed by atoms with van der Waals surface area (Å²) < 4.78 is 26.0. The van der Waals surface area contributed by atoms with Gasteiger partial charge in [-0.2, -0.15) is 0 Å². The maximum Gasteiger partial charge on any atom is 0.325 e. The quantitative estimate of drug-likeness (QED) is 0.142. The largest absolute Gasteiger partial charge is 0.508 e. The van der Waals surface area contributed by atoms with Gasteiger partial charge in [-0.15, -0.1) is 0 Å². The van der Waals surface area contributed by atoms with Crippen LogP contribution in [0.3, 0.4) is 0 Å². The van der Waals surface area contributed by atoms with Crippen LogP contribution in [-0.4, -0.2) is 74.6 Å². The Morgan fingerprint density at radius 1 is 1.06 bits per heavy atom. The molecule has 11 heteroatoms. The number of benzene rings is 3. The number of aromatic hydroxyl groups is 1. The Kier molecular flexibility index (Phi) is 15.3. The van der Waals surface area contributed by atoms with Gasteiger partial charge in [0.15, 0.2) is 17.8 Å². The number of hydrogen-bond acceptors (Lipinski definition) is 11. The minimum Gasteiger partial charge on any atom is -0.508 e. The van der Waals surface area contributed by atoms with Crippen molar-refractivity contribution in [3.63, 3.8) is 0 Å². The maximum atomic E-state index is 12.0. The molecule has 1 fully saturated rings. The third-order valence-corrected chi connectivity index (χ3v) is 7.37. The number of aromatic nitrogens is 1. The minimum absolute atomic E-state index is 0.0894. The number of nitrogens with one attached hydrogen (secondary N) is 1. The highest BCUT2D eigenvalue weighted by Crippen LogP contribution is 2.28. The number of hydrogen-bond donors (Lipinski definition) is 2. The lowest BCUT2D eigenvalue weighted by Gasteiger charge is -2.20. The van der Waals surface area contributed by atoms with Crippen molar-refractivity contribution in [1.82, 2.24) is 10.3 Å². The first-order chi connectivity index (χ1) is 23.1. The van der Waals surface area contributed by atoms with Gasteiger partial charge in [0, 0.05) is 25.8 Å². The van der Waals surface area contributed by atoms with E-state index >= 15 is 0 Å². The smallest absolute Gasteiger partial charge is 0.325 e. The first-order valence-corrected chi connectivity index (χ1v) is 15.6. The Morgan fingerprint density at radius 3 is 2.46 bits per heavy atom. The van der Waals surface area contributed by atoms with Gasteiger partial charge >= 0.3 is 11.9 Å². The highest BCUT2D eigenvalue weighted by molar-refractivity contribution is 5.85. The molecular weight excluding hydrogens is 616 g/mol. The molecule has 1 aromatic heterocycles. The summed E-state index contributed by atoms with van der Waals surface area (Å²) in [5.41, 5.74) is 2.58. The fourth-order valence-corrected chi connectivity index (χ4v) is 4.96. The van der Waals surface area contributed by atoms with E-state index in [9.17, 15) is 14.4 Å². The predicted octanol–water partition coefficient (Wildman–Crippen LogP) is 5.44. The Morgan fingerprint density at radius 2 is 1.79 bits per heavy atom. The topological polar surface area (TPSA) is 143 Å². The van der Waals surface area contributed by atoms with Crippen molar-refractivity contribution in [1.29, 1.82) is 0 Å². The van der Waals surface area contributed by atoms with Crippen LogP contribution in [0.5, 0.6) is 17.2 Å². The molecule has 1 aliphatic rings. The number of carbonyl (C=O) groups excluding carboxylic acids is 3. The number of nitrogens with zero attached hydrogens (tertiary/aromatic N) is 1. The number of rotatable bonds is 8. The number of aldehydes is 1. The van der Waals surface area contributed by atoms with Gasteiger partial charge in [0.2, 0.25) is 6.79 Å². The molecule has 0 amide bonds. The lowest BCUT2D eigenvalue weighted by atomic mass is 9.92. The molecule has 2 N–H and O–H groups in total. The summed E-state index contributed by atoms with van der Waals surface area (Å²) >= 11 is 0. The van der Waals surface area contributed by atoms with Crippen LogP contribution in [-0.2, 0) is 30.2 Å². The van der Waals surface area contributed by atoms with Crippen LogP contribution in [0.4, 0.5) is 0 Å². The number of methoxy groups -OCH3 is 1. The van der Waals surface area contributed by atoms with Gasteiger partial charge in [-0.05, 0) is 68.1 Å². The number of fused-ring (bicyclic) bond motifs is 1. The summed E-state index contributed by atoms with van der Waals surface area (Å²) in [6.07, 6.45) is 3.58. The highest BCUT2D eigenvalue weighted by atomic mass is 16.7. The molecule has 1 aliphatic heterocycles. The van der Waals surface area contributed by atoms with Gasteiger partial charge in [-0.1, -0.05) is 60.2 Å². The zero-order valence-electron chi connectivity index (χ0n) is 28.0. The average Bonchev–Trinajstić information content (AvgIpc) is 3.14. The van der Waals surface area contributed by atoms with E-state index < -0.39 is 5.97 Å². The second-order valence-electron chi connectivity index (χ2n) is 11.1. The van der Waals surface area contributed by atoms with Crippen molar-refractivity contribution in [3.8, 4) is 17.2 Å². The average molecular weight is 661 g/mol. The molecule has 3 atom stereocenters. The van der Waals surface area contributed by atoms with Gasteiger partial charge < -0.3 is 34.1 Å². The van der Waals surface area contributed by atoms with Crippen LogP contribution in [0.1, 0.15) is 41.9 Å². The van der Waals surface area contributed by atoms with Crippen molar-refractivity contribution in [3.05, 3.63) is 95.8 Å². The first kappa shape index (κ1) is 37.5. The number of cyclic esters (lactones) is 1. The summed E-state index contributed by atoms with van der Waals surface area (Å²) in [5.74, 6) is 0.460. The first-order valence-electron chi connectivity index (χ1n) is 15.6. The summed E-state index contributed by atoms with van der Waals surface area (Å²) in [6.45, 7) is 5.91. The summed E-state index contributed by atoms with van der Waals surface area (Å²) in [7, 11) is 3.19. The van der Waals surface area contributed by atoms with Gasteiger partial charge in [0.25, 0.3) is 0 Å². The molecule has 0 radical (unpaired) electrons. The van der Waals surface area contributed by atoms with Crippen LogP contribution in [0, 0.1) is 12.8 Å². The molecule has 1 saturated heterocycles. The zero-order chi connectivity index (χ0) is 34.9. The van der Waals surface area contributed by atoms with E-state index in [4.69, 9.17) is 24.1 Å². The van der Waals surface area contributed by atoms with E-state index in [1.54, 1.807) is 19.2 Å². The van der Waals surface area contributed by atoms with Gasteiger partial charge in [-0.25, -0.2) is 4.98 Å². The Bertz CT molecular complexity index is 1580. The monoisotopic (exact) mass is 660 g/mol. The van der Waals surface area contributed by atoms with Crippen LogP contribution in [0.2, 0.25) is 0 Å². The number of aryl methyl sites for hydroxylation is 1. The minimum atomic E-state index is -0.476. The summed E-state index contributed by atoms with van der Waals surface area (Å²) in [4.78, 5) is 37.0. The summed E-state index contributed by atoms with van der Waals surface area (Å²) in [5, 5.41) is 14.3. The van der Waals surface area contributed by atoms with Crippen molar-refractivity contribution in [2.24, 2.45) is 5.92 Å². The lowest BCUT2D eigenvalue weighted by Crippen LogP contribution is -2.40. The molecule has 2 unspecified atom stereocenters. The van der Waals surface area contributed by atoms with Crippen LogP contribution in [0.15, 0.2) is 79.0 Å². The molecule has 0 spiro atoms. The van der Waals surface area contributed by atoms with E-state index in [0.717, 1.165) is 12.8 Å².